The first-order chi connectivity index (χ1) is 9.06. The van der Waals surface area contributed by atoms with Crippen LogP contribution in [0.1, 0.15) is 35.1 Å². The molecule has 2 aromatic rings. The van der Waals surface area contributed by atoms with Crippen LogP contribution in [0.2, 0.25) is 5.02 Å². The van der Waals surface area contributed by atoms with Crippen LogP contribution in [-0.4, -0.2) is 21.8 Å². The Balaban J connectivity index is 2.26. The van der Waals surface area contributed by atoms with Crippen LogP contribution in [0.5, 0.6) is 0 Å². The zero-order chi connectivity index (χ0) is 14.0. The van der Waals surface area contributed by atoms with Gasteiger partial charge < -0.3 is 5.32 Å². The Morgan fingerprint density at radius 1 is 1.53 bits per heavy atom. The van der Waals surface area contributed by atoms with E-state index in [-0.39, 0.29) is 6.04 Å². The summed E-state index contributed by atoms with van der Waals surface area (Å²) >= 11 is 8.06. The van der Waals surface area contributed by atoms with Crippen LogP contribution in [0.15, 0.2) is 5.38 Å². The largest absolute Gasteiger partial charge is 0.311 e. The van der Waals surface area contributed by atoms with Gasteiger partial charge in [0.15, 0.2) is 0 Å². The predicted octanol–water partition coefficient (Wildman–Crippen LogP) is 2.90. The second-order valence-corrected chi connectivity index (χ2v) is 5.96. The number of aryl methyl sites for hydroxylation is 3. The van der Waals surface area contributed by atoms with Crippen molar-refractivity contribution in [2.24, 2.45) is 7.05 Å². The molecule has 0 saturated heterocycles. The Labute approximate surface area is 122 Å². The lowest BCUT2D eigenvalue weighted by atomic mass is 10.1. The minimum atomic E-state index is 0.169. The van der Waals surface area contributed by atoms with Crippen LogP contribution >= 0.6 is 22.9 Å². The van der Waals surface area contributed by atoms with Crippen molar-refractivity contribution in [1.29, 1.82) is 0 Å². The molecule has 0 spiro atoms. The SMILES string of the molecule is CCc1nn(C)c(CC(NC)c2csc(C)n2)c1Cl. The van der Waals surface area contributed by atoms with Gasteiger partial charge in [0.25, 0.3) is 0 Å². The summed E-state index contributed by atoms with van der Waals surface area (Å²) in [6, 6.07) is 0.169. The molecule has 6 heteroatoms. The highest BCUT2D eigenvalue weighted by Gasteiger charge is 2.19. The van der Waals surface area contributed by atoms with Crippen molar-refractivity contribution in [3.8, 4) is 0 Å². The molecule has 0 aliphatic heterocycles. The number of rotatable bonds is 5. The summed E-state index contributed by atoms with van der Waals surface area (Å²) in [5.41, 5.74) is 3.09. The molecule has 104 valence electrons. The Morgan fingerprint density at radius 2 is 2.26 bits per heavy atom. The fraction of sp³-hybridized carbons (Fsp3) is 0.538. The van der Waals surface area contributed by atoms with Gasteiger partial charge in [-0.3, -0.25) is 4.68 Å². The summed E-state index contributed by atoms with van der Waals surface area (Å²) in [4.78, 5) is 4.55. The van der Waals surface area contributed by atoms with Gasteiger partial charge in [0.1, 0.15) is 0 Å². The summed E-state index contributed by atoms with van der Waals surface area (Å²) in [5, 5.41) is 11.7. The number of hydrogen-bond donors (Lipinski definition) is 1. The molecule has 0 fully saturated rings. The number of thiazole rings is 1. The van der Waals surface area contributed by atoms with E-state index in [0.29, 0.717) is 0 Å². The normalized spacial score (nSPS) is 12.9. The van der Waals surface area contributed by atoms with E-state index >= 15 is 0 Å². The molecule has 0 saturated carbocycles. The Bertz CT molecular complexity index is 561. The molecule has 2 heterocycles. The molecule has 2 rings (SSSR count). The molecule has 19 heavy (non-hydrogen) atoms. The van der Waals surface area contributed by atoms with Crippen LogP contribution in [0.3, 0.4) is 0 Å². The predicted molar refractivity (Wildman–Crippen MR) is 80.0 cm³/mol. The van der Waals surface area contributed by atoms with Gasteiger partial charge >= 0.3 is 0 Å². The zero-order valence-electron chi connectivity index (χ0n) is 11.7. The molecule has 0 aliphatic rings. The highest BCUT2D eigenvalue weighted by molar-refractivity contribution is 7.09. The Morgan fingerprint density at radius 3 is 2.74 bits per heavy atom. The molecule has 0 radical (unpaired) electrons. The summed E-state index contributed by atoms with van der Waals surface area (Å²) < 4.78 is 1.88. The van der Waals surface area contributed by atoms with Crippen molar-refractivity contribution in [2.45, 2.75) is 32.7 Å². The maximum absolute atomic E-state index is 6.39. The van der Waals surface area contributed by atoms with E-state index < -0.39 is 0 Å². The van der Waals surface area contributed by atoms with Crippen molar-refractivity contribution < 1.29 is 0 Å². The van der Waals surface area contributed by atoms with Gasteiger partial charge in [0.2, 0.25) is 0 Å². The summed E-state index contributed by atoms with van der Waals surface area (Å²) in [7, 11) is 3.89. The van der Waals surface area contributed by atoms with Gasteiger partial charge in [-0.1, -0.05) is 18.5 Å². The smallest absolute Gasteiger partial charge is 0.0898 e. The first-order valence-electron chi connectivity index (χ1n) is 6.36. The van der Waals surface area contributed by atoms with E-state index in [9.17, 15) is 0 Å². The number of hydrogen-bond acceptors (Lipinski definition) is 4. The van der Waals surface area contributed by atoms with Crippen molar-refractivity contribution >= 4 is 22.9 Å². The van der Waals surface area contributed by atoms with Gasteiger partial charge in [-0.15, -0.1) is 11.3 Å². The molecule has 4 nitrogen and oxygen atoms in total. The summed E-state index contributed by atoms with van der Waals surface area (Å²) in [6.45, 7) is 4.09. The molecule has 0 amide bonds. The average molecular weight is 299 g/mol. The second-order valence-electron chi connectivity index (χ2n) is 4.52. The van der Waals surface area contributed by atoms with E-state index in [4.69, 9.17) is 11.6 Å². The lowest BCUT2D eigenvalue weighted by Crippen LogP contribution is -2.20. The maximum atomic E-state index is 6.39. The summed E-state index contributed by atoms with van der Waals surface area (Å²) in [5.74, 6) is 0. The van der Waals surface area contributed by atoms with Crippen LogP contribution in [0.25, 0.3) is 0 Å². The fourth-order valence-corrected chi connectivity index (χ4v) is 3.17. The van der Waals surface area contributed by atoms with Crippen LogP contribution < -0.4 is 5.32 Å². The van der Waals surface area contributed by atoms with Crippen molar-refractivity contribution in [3.05, 3.63) is 32.5 Å². The van der Waals surface area contributed by atoms with E-state index in [0.717, 1.165) is 40.0 Å². The summed E-state index contributed by atoms with van der Waals surface area (Å²) in [6.07, 6.45) is 1.65. The monoisotopic (exact) mass is 298 g/mol. The zero-order valence-corrected chi connectivity index (χ0v) is 13.3. The third-order valence-corrected chi connectivity index (χ3v) is 4.47. The van der Waals surface area contributed by atoms with Gasteiger partial charge in [0, 0.05) is 18.8 Å². The molecule has 2 aromatic heterocycles. The molecule has 0 bridgehead atoms. The number of aromatic nitrogens is 3. The third-order valence-electron chi connectivity index (χ3n) is 3.24. The minimum absolute atomic E-state index is 0.169. The van der Waals surface area contributed by atoms with Gasteiger partial charge in [-0.05, 0) is 20.4 Å². The van der Waals surface area contributed by atoms with Crippen molar-refractivity contribution in [3.63, 3.8) is 0 Å². The first kappa shape index (κ1) is 14.5. The Kier molecular flexibility index (Phi) is 4.60. The van der Waals surface area contributed by atoms with Crippen LogP contribution in [0, 0.1) is 6.92 Å². The second kappa shape index (κ2) is 6.03. The topological polar surface area (TPSA) is 42.7 Å². The lowest BCUT2D eigenvalue weighted by Gasteiger charge is -2.14. The number of halogens is 1. The standard InChI is InChI=1S/C13H19ClN4S/c1-5-9-13(14)12(18(4)17-9)6-10(15-3)11-7-19-8(2)16-11/h7,10,15H,5-6H2,1-4H3. The van der Waals surface area contributed by atoms with Crippen LogP contribution in [-0.2, 0) is 19.9 Å². The molecule has 1 unspecified atom stereocenters. The maximum Gasteiger partial charge on any atom is 0.0898 e. The highest BCUT2D eigenvalue weighted by Crippen LogP contribution is 2.26. The number of nitrogens with zero attached hydrogens (tertiary/aromatic N) is 3. The van der Waals surface area contributed by atoms with E-state index in [1.54, 1.807) is 11.3 Å². The van der Waals surface area contributed by atoms with Gasteiger partial charge in [-0.25, -0.2) is 4.98 Å². The number of likely N-dealkylation sites (N-methyl/N-ethyl adjacent to an activating group) is 1. The fourth-order valence-electron chi connectivity index (χ4n) is 2.13. The lowest BCUT2D eigenvalue weighted by molar-refractivity contribution is 0.550. The van der Waals surface area contributed by atoms with Crippen LogP contribution in [0.4, 0.5) is 0 Å². The molecule has 0 aliphatic carbocycles. The number of nitrogens with one attached hydrogen (secondary N) is 1. The van der Waals surface area contributed by atoms with E-state index in [2.05, 4.69) is 27.7 Å². The van der Waals surface area contributed by atoms with E-state index in [1.165, 1.54) is 0 Å². The van der Waals surface area contributed by atoms with Crippen molar-refractivity contribution in [2.75, 3.05) is 7.05 Å². The molecular weight excluding hydrogens is 280 g/mol. The molecular formula is C13H19ClN4S. The average Bonchev–Trinajstić information content (AvgIpc) is 2.92. The Hall–Kier alpha value is -0.910. The first-order valence-corrected chi connectivity index (χ1v) is 7.62. The molecule has 1 atom stereocenters. The third kappa shape index (κ3) is 2.99. The quantitative estimate of drug-likeness (QED) is 0.923. The van der Waals surface area contributed by atoms with Crippen molar-refractivity contribution in [1.82, 2.24) is 20.1 Å². The minimum Gasteiger partial charge on any atom is -0.311 e. The van der Waals surface area contributed by atoms with E-state index in [1.807, 2.05) is 25.7 Å². The molecule has 0 aromatic carbocycles. The van der Waals surface area contributed by atoms with Gasteiger partial charge in [0.05, 0.1) is 33.2 Å². The highest BCUT2D eigenvalue weighted by atomic mass is 35.5. The van der Waals surface area contributed by atoms with Gasteiger partial charge in [-0.2, -0.15) is 5.10 Å². The molecule has 1 N–H and O–H groups in total.